The normalized spacial score (nSPS) is 11.2. The molecule has 0 bridgehead atoms. The molecule has 8 nitrogen and oxygen atoms in total. The van der Waals surface area contributed by atoms with Crippen LogP contribution < -0.4 is 15.6 Å². The zero-order valence-corrected chi connectivity index (χ0v) is 21.4. The van der Waals surface area contributed by atoms with E-state index in [0.29, 0.717) is 27.3 Å². The molecule has 0 aliphatic heterocycles. The number of hydrazone groups is 1. The molecule has 38 heavy (non-hydrogen) atoms. The van der Waals surface area contributed by atoms with Crippen LogP contribution in [0.15, 0.2) is 93.5 Å². The summed E-state index contributed by atoms with van der Waals surface area (Å²) in [7, 11) is 0. The van der Waals surface area contributed by atoms with Gasteiger partial charge in [-0.05, 0) is 61.9 Å². The molecule has 3 aromatic carbocycles. The van der Waals surface area contributed by atoms with Crippen molar-refractivity contribution in [2.45, 2.75) is 13.8 Å². The summed E-state index contributed by atoms with van der Waals surface area (Å²) >= 11 is 6.43. The number of halogens is 1. The Bertz CT molecular complexity index is 1720. The summed E-state index contributed by atoms with van der Waals surface area (Å²) in [6.45, 7) is 3.44. The highest BCUT2D eigenvalue weighted by atomic mass is 35.5. The highest BCUT2D eigenvalue weighted by Gasteiger charge is 2.16. The molecular formula is C29H23ClN4O4. The first-order valence-corrected chi connectivity index (χ1v) is 12.2. The second-order valence-corrected chi connectivity index (χ2v) is 9.07. The topological polar surface area (TPSA) is 98.7 Å². The number of nitrogens with zero attached hydrogens (tertiary/aromatic N) is 3. The summed E-state index contributed by atoms with van der Waals surface area (Å²) in [5.74, 6) is -0.0355. The van der Waals surface area contributed by atoms with Gasteiger partial charge in [0.2, 0.25) is 5.43 Å². The Hall–Kier alpha value is -4.69. The van der Waals surface area contributed by atoms with Crippen LogP contribution in [0.5, 0.6) is 5.75 Å². The average Bonchev–Trinajstić information content (AvgIpc) is 3.41. The lowest BCUT2D eigenvalue weighted by Gasteiger charge is -2.15. The molecule has 0 unspecified atom stereocenters. The van der Waals surface area contributed by atoms with Crippen molar-refractivity contribution in [3.8, 4) is 22.7 Å². The first-order chi connectivity index (χ1) is 18.4. The number of fused-ring (bicyclic) bond motifs is 1. The van der Waals surface area contributed by atoms with E-state index in [-0.39, 0.29) is 17.6 Å². The van der Waals surface area contributed by atoms with Crippen LogP contribution >= 0.6 is 11.6 Å². The minimum Gasteiger partial charge on any atom is -0.483 e. The van der Waals surface area contributed by atoms with Crippen LogP contribution in [0.3, 0.4) is 0 Å². The van der Waals surface area contributed by atoms with E-state index in [0.717, 1.165) is 22.5 Å². The molecule has 0 saturated heterocycles. The second-order valence-electron chi connectivity index (χ2n) is 8.66. The maximum atomic E-state index is 12.7. The summed E-state index contributed by atoms with van der Waals surface area (Å²) < 4.78 is 13.2. The van der Waals surface area contributed by atoms with Gasteiger partial charge in [-0.2, -0.15) is 10.2 Å². The van der Waals surface area contributed by atoms with Crippen LogP contribution in [-0.2, 0) is 4.79 Å². The standard InChI is InChI=1S/C29H23ClN4O4/c1-18-8-9-26-23(12-18)29(36)20(16-37-26)15-31-33-28(35)17-38-27-13-19(2)24(30)14-22(27)25-10-11-32-34(25)21-6-4-3-5-7-21/h3-16H,17H2,1-2H3,(H,33,35)/b31-15+. The molecule has 0 radical (unpaired) electrons. The number of aromatic nitrogens is 2. The van der Waals surface area contributed by atoms with E-state index in [1.807, 2.05) is 56.3 Å². The van der Waals surface area contributed by atoms with Gasteiger partial charge in [-0.15, -0.1) is 0 Å². The lowest BCUT2D eigenvalue weighted by atomic mass is 10.1. The van der Waals surface area contributed by atoms with Crippen LogP contribution in [0.2, 0.25) is 5.02 Å². The summed E-state index contributed by atoms with van der Waals surface area (Å²) in [5, 5.41) is 9.35. The van der Waals surface area contributed by atoms with E-state index in [1.54, 1.807) is 35.1 Å². The average molecular weight is 527 g/mol. The van der Waals surface area contributed by atoms with Crippen molar-refractivity contribution >= 4 is 34.7 Å². The van der Waals surface area contributed by atoms with Crippen molar-refractivity contribution < 1.29 is 13.9 Å². The smallest absolute Gasteiger partial charge is 0.277 e. The van der Waals surface area contributed by atoms with Crippen molar-refractivity contribution in [3.63, 3.8) is 0 Å². The first kappa shape index (κ1) is 25.0. The van der Waals surface area contributed by atoms with Gasteiger partial charge in [0.15, 0.2) is 6.61 Å². The predicted octanol–water partition coefficient (Wildman–Crippen LogP) is 5.45. The number of amides is 1. The van der Waals surface area contributed by atoms with Crippen LogP contribution in [0.25, 0.3) is 27.9 Å². The Labute approximate surface area is 223 Å². The predicted molar refractivity (Wildman–Crippen MR) is 147 cm³/mol. The number of carbonyl (C=O) groups is 1. The van der Waals surface area contributed by atoms with Crippen molar-refractivity contribution in [2.75, 3.05) is 6.61 Å². The summed E-state index contributed by atoms with van der Waals surface area (Å²) in [6, 6.07) is 20.4. The number of para-hydroxylation sites is 1. The van der Waals surface area contributed by atoms with E-state index in [1.165, 1.54) is 12.5 Å². The van der Waals surface area contributed by atoms with Gasteiger partial charge in [0.05, 0.1) is 34.7 Å². The third kappa shape index (κ3) is 5.21. The van der Waals surface area contributed by atoms with E-state index >= 15 is 0 Å². The minimum absolute atomic E-state index is 0.217. The van der Waals surface area contributed by atoms with Crippen LogP contribution in [0.1, 0.15) is 16.7 Å². The Kier molecular flexibility index (Phi) is 7.06. The van der Waals surface area contributed by atoms with Crippen molar-refractivity contribution in [3.05, 3.63) is 111 Å². The molecule has 2 aromatic heterocycles. The Morgan fingerprint density at radius 3 is 2.76 bits per heavy atom. The number of rotatable bonds is 7. The van der Waals surface area contributed by atoms with Gasteiger partial charge < -0.3 is 9.15 Å². The van der Waals surface area contributed by atoms with Gasteiger partial charge >= 0.3 is 0 Å². The molecule has 2 heterocycles. The maximum absolute atomic E-state index is 12.7. The van der Waals surface area contributed by atoms with Gasteiger partial charge in [0, 0.05) is 10.6 Å². The molecule has 0 atom stereocenters. The monoisotopic (exact) mass is 526 g/mol. The molecule has 0 spiro atoms. The van der Waals surface area contributed by atoms with E-state index in [2.05, 4.69) is 15.6 Å². The van der Waals surface area contributed by atoms with Crippen molar-refractivity contribution in [1.29, 1.82) is 0 Å². The van der Waals surface area contributed by atoms with Gasteiger partial charge in [-0.1, -0.05) is 41.4 Å². The van der Waals surface area contributed by atoms with E-state index in [4.69, 9.17) is 20.8 Å². The van der Waals surface area contributed by atoms with Gasteiger partial charge in [0.1, 0.15) is 17.6 Å². The number of aryl methyl sites for hydroxylation is 2. The third-order valence-electron chi connectivity index (χ3n) is 5.89. The number of hydrogen-bond acceptors (Lipinski definition) is 6. The van der Waals surface area contributed by atoms with Crippen LogP contribution in [-0.4, -0.2) is 28.5 Å². The SMILES string of the molecule is Cc1ccc2occ(/C=N/NC(=O)COc3cc(C)c(Cl)cc3-c3ccnn3-c3ccccc3)c(=O)c2c1. The second kappa shape index (κ2) is 10.7. The number of carbonyl (C=O) groups excluding carboxylic acids is 1. The molecule has 9 heteroatoms. The highest BCUT2D eigenvalue weighted by molar-refractivity contribution is 6.31. The van der Waals surface area contributed by atoms with E-state index < -0.39 is 5.91 Å². The van der Waals surface area contributed by atoms with Crippen LogP contribution in [0.4, 0.5) is 0 Å². The lowest BCUT2D eigenvalue weighted by Crippen LogP contribution is -2.25. The molecule has 5 rings (SSSR count). The first-order valence-electron chi connectivity index (χ1n) is 11.8. The fraction of sp³-hybridized carbons (Fsp3) is 0.103. The fourth-order valence-corrected chi connectivity index (χ4v) is 4.12. The molecule has 190 valence electrons. The van der Waals surface area contributed by atoms with E-state index in [9.17, 15) is 9.59 Å². The molecule has 1 N–H and O–H groups in total. The minimum atomic E-state index is -0.502. The largest absolute Gasteiger partial charge is 0.483 e. The zero-order valence-electron chi connectivity index (χ0n) is 20.6. The Morgan fingerprint density at radius 1 is 1.13 bits per heavy atom. The molecule has 0 aliphatic rings. The number of nitrogens with one attached hydrogen (secondary N) is 1. The van der Waals surface area contributed by atoms with Crippen LogP contribution in [0, 0.1) is 13.8 Å². The molecular weight excluding hydrogens is 504 g/mol. The summed E-state index contributed by atoms with van der Waals surface area (Å²) in [6.07, 6.45) is 4.25. The van der Waals surface area contributed by atoms with Crippen molar-refractivity contribution in [2.24, 2.45) is 5.10 Å². The van der Waals surface area contributed by atoms with Gasteiger partial charge in [-0.3, -0.25) is 9.59 Å². The maximum Gasteiger partial charge on any atom is 0.277 e. The molecule has 0 aliphatic carbocycles. The fourth-order valence-electron chi connectivity index (χ4n) is 3.96. The quantitative estimate of drug-likeness (QED) is 0.225. The molecule has 0 fully saturated rings. The Morgan fingerprint density at radius 2 is 1.95 bits per heavy atom. The van der Waals surface area contributed by atoms with Gasteiger partial charge in [-0.25, -0.2) is 10.1 Å². The lowest BCUT2D eigenvalue weighted by molar-refractivity contribution is -0.123. The molecule has 1 amide bonds. The number of benzene rings is 3. The van der Waals surface area contributed by atoms with Crippen molar-refractivity contribution in [1.82, 2.24) is 15.2 Å². The molecule has 0 saturated carbocycles. The zero-order chi connectivity index (χ0) is 26.6. The number of hydrogen-bond donors (Lipinski definition) is 1. The highest BCUT2D eigenvalue weighted by Crippen LogP contribution is 2.35. The Balaban J connectivity index is 1.32. The summed E-state index contributed by atoms with van der Waals surface area (Å²) in [4.78, 5) is 25.2. The number of ether oxygens (including phenoxy) is 1. The third-order valence-corrected chi connectivity index (χ3v) is 6.29. The summed E-state index contributed by atoms with van der Waals surface area (Å²) in [5.41, 5.74) is 6.90. The molecule has 5 aromatic rings. The van der Waals surface area contributed by atoms with Gasteiger partial charge in [0.25, 0.3) is 5.91 Å².